The minimum absolute atomic E-state index is 0.00294. The maximum Gasteiger partial charge on any atom is 0.410 e. The van der Waals surface area contributed by atoms with E-state index < -0.39 is 17.6 Å². The lowest BCUT2D eigenvalue weighted by Gasteiger charge is -2.33. The van der Waals surface area contributed by atoms with Crippen LogP contribution in [0.4, 0.5) is 10.7 Å². The Morgan fingerprint density at radius 3 is 2.64 bits per heavy atom. The van der Waals surface area contributed by atoms with Gasteiger partial charge in [0.2, 0.25) is 11.9 Å². The molecule has 2 heterocycles. The first-order chi connectivity index (χ1) is 11.7. The van der Waals surface area contributed by atoms with Gasteiger partial charge in [-0.3, -0.25) is 10.1 Å². The Bertz CT molecular complexity index is 718. The Labute approximate surface area is 145 Å². The normalized spacial score (nSPS) is 17.3. The van der Waals surface area contributed by atoms with Crippen molar-refractivity contribution in [1.29, 1.82) is 10.5 Å². The van der Waals surface area contributed by atoms with Crippen LogP contribution in [0.15, 0.2) is 0 Å². The number of piperidine rings is 1. The van der Waals surface area contributed by atoms with Crippen molar-refractivity contribution in [2.24, 2.45) is 5.92 Å². The average Bonchev–Trinajstić information content (AvgIpc) is 2.95. The topological polar surface area (TPSA) is 135 Å². The van der Waals surface area contributed by atoms with E-state index in [1.165, 1.54) is 4.90 Å². The molecular weight excluding hydrogens is 324 g/mol. The number of amides is 2. The van der Waals surface area contributed by atoms with Crippen LogP contribution >= 0.6 is 0 Å². The van der Waals surface area contributed by atoms with E-state index in [4.69, 9.17) is 15.3 Å². The summed E-state index contributed by atoms with van der Waals surface area (Å²) in [6.07, 6.45) is 0.867. The largest absolute Gasteiger partial charge is 0.444 e. The fourth-order valence-electron chi connectivity index (χ4n) is 2.50. The average molecular weight is 344 g/mol. The van der Waals surface area contributed by atoms with Crippen LogP contribution in [-0.4, -0.2) is 45.6 Å². The number of H-pyrrole nitrogens is 1. The third kappa shape index (κ3) is 4.70. The molecule has 1 aliphatic rings. The number of imidazole rings is 1. The van der Waals surface area contributed by atoms with Crippen LogP contribution in [0.5, 0.6) is 0 Å². The first-order valence-electron chi connectivity index (χ1n) is 7.92. The SMILES string of the molecule is CC(C)(C)OC(=O)N1CCC[C@H](C(=O)Nc2nc(C#N)c(C#N)[nH]2)C1. The molecule has 9 nitrogen and oxygen atoms in total. The zero-order chi connectivity index (χ0) is 18.6. The second-order valence-corrected chi connectivity index (χ2v) is 6.79. The van der Waals surface area contributed by atoms with Gasteiger partial charge in [-0.1, -0.05) is 0 Å². The molecule has 0 bridgehead atoms. The number of ether oxygens (including phenoxy) is 1. The van der Waals surface area contributed by atoms with E-state index in [1.54, 1.807) is 32.9 Å². The molecule has 9 heteroatoms. The molecule has 1 atom stereocenters. The molecule has 2 N–H and O–H groups in total. The maximum absolute atomic E-state index is 12.4. The summed E-state index contributed by atoms with van der Waals surface area (Å²) >= 11 is 0. The molecule has 0 aromatic carbocycles. The lowest BCUT2D eigenvalue weighted by Crippen LogP contribution is -2.45. The number of nitriles is 2. The lowest BCUT2D eigenvalue weighted by molar-refractivity contribution is -0.121. The minimum Gasteiger partial charge on any atom is -0.444 e. The highest BCUT2D eigenvalue weighted by molar-refractivity contribution is 5.91. The molecule has 0 spiro atoms. The lowest BCUT2D eigenvalue weighted by atomic mass is 9.97. The number of aromatic amines is 1. The Hall–Kier alpha value is -3.07. The molecule has 1 saturated heterocycles. The fraction of sp³-hybridized carbons (Fsp3) is 0.562. The van der Waals surface area contributed by atoms with E-state index in [0.717, 1.165) is 0 Å². The van der Waals surface area contributed by atoms with E-state index >= 15 is 0 Å². The molecule has 1 aliphatic heterocycles. The maximum atomic E-state index is 12.4. The summed E-state index contributed by atoms with van der Waals surface area (Å²) in [4.78, 5) is 32.5. The van der Waals surface area contributed by atoms with E-state index in [-0.39, 0.29) is 29.8 Å². The minimum atomic E-state index is -0.595. The van der Waals surface area contributed by atoms with Gasteiger partial charge in [-0.05, 0) is 33.6 Å². The number of hydrogen-bond acceptors (Lipinski definition) is 6. The molecule has 1 aromatic rings. The van der Waals surface area contributed by atoms with Crippen LogP contribution in [-0.2, 0) is 9.53 Å². The number of carbonyl (C=O) groups excluding carboxylic acids is 2. The van der Waals surface area contributed by atoms with E-state index in [2.05, 4.69) is 15.3 Å². The van der Waals surface area contributed by atoms with Crippen LogP contribution in [0, 0.1) is 28.6 Å². The molecule has 2 rings (SSSR count). The number of rotatable bonds is 2. The van der Waals surface area contributed by atoms with Gasteiger partial charge in [0.1, 0.15) is 17.7 Å². The highest BCUT2D eigenvalue weighted by Crippen LogP contribution is 2.21. The van der Waals surface area contributed by atoms with Crippen molar-refractivity contribution in [3.8, 4) is 12.1 Å². The molecule has 1 aromatic heterocycles. The predicted molar refractivity (Wildman–Crippen MR) is 87.2 cm³/mol. The van der Waals surface area contributed by atoms with E-state index in [1.807, 2.05) is 0 Å². The fourth-order valence-corrected chi connectivity index (χ4v) is 2.50. The standard InChI is InChI=1S/C16H20N6O3/c1-16(2,3)25-15(24)22-6-4-5-10(9-22)13(23)21-14-19-11(7-17)12(8-18)20-14/h10H,4-6,9H2,1-3H3,(H2,19,20,21,23)/t10-/m0/s1. The molecule has 25 heavy (non-hydrogen) atoms. The van der Waals surface area contributed by atoms with Crippen molar-refractivity contribution in [3.05, 3.63) is 11.4 Å². The summed E-state index contributed by atoms with van der Waals surface area (Å²) in [6, 6.07) is 3.58. The molecule has 0 radical (unpaired) electrons. The number of carbonyl (C=O) groups is 2. The number of hydrogen-bond donors (Lipinski definition) is 2. The van der Waals surface area contributed by atoms with Crippen molar-refractivity contribution < 1.29 is 14.3 Å². The summed E-state index contributed by atoms with van der Waals surface area (Å²) in [6.45, 7) is 6.15. The van der Waals surface area contributed by atoms with Gasteiger partial charge in [0.25, 0.3) is 0 Å². The highest BCUT2D eigenvalue weighted by Gasteiger charge is 2.31. The Morgan fingerprint density at radius 2 is 2.08 bits per heavy atom. The van der Waals surface area contributed by atoms with Crippen LogP contribution in [0.1, 0.15) is 45.0 Å². The van der Waals surface area contributed by atoms with Crippen molar-refractivity contribution in [2.45, 2.75) is 39.2 Å². The second-order valence-electron chi connectivity index (χ2n) is 6.79. The molecule has 2 amide bonds. The number of likely N-dealkylation sites (tertiary alicyclic amines) is 1. The van der Waals surface area contributed by atoms with Crippen molar-refractivity contribution in [1.82, 2.24) is 14.9 Å². The number of nitrogens with zero attached hydrogens (tertiary/aromatic N) is 4. The molecule has 0 aliphatic carbocycles. The zero-order valence-electron chi connectivity index (χ0n) is 14.4. The highest BCUT2D eigenvalue weighted by atomic mass is 16.6. The third-order valence-electron chi connectivity index (χ3n) is 3.61. The van der Waals surface area contributed by atoms with Gasteiger partial charge in [-0.25, -0.2) is 9.78 Å². The van der Waals surface area contributed by atoms with Gasteiger partial charge in [-0.15, -0.1) is 0 Å². The zero-order valence-corrected chi connectivity index (χ0v) is 14.4. The Morgan fingerprint density at radius 1 is 1.36 bits per heavy atom. The molecular formula is C16H20N6O3. The molecule has 0 unspecified atom stereocenters. The summed E-state index contributed by atoms with van der Waals surface area (Å²) in [7, 11) is 0. The van der Waals surface area contributed by atoms with Crippen molar-refractivity contribution in [2.75, 3.05) is 18.4 Å². The smallest absolute Gasteiger partial charge is 0.410 e. The summed E-state index contributed by atoms with van der Waals surface area (Å²) in [5, 5.41) is 20.3. The van der Waals surface area contributed by atoms with E-state index in [9.17, 15) is 9.59 Å². The first-order valence-corrected chi connectivity index (χ1v) is 7.92. The monoisotopic (exact) mass is 344 g/mol. The van der Waals surface area contributed by atoms with Gasteiger partial charge in [-0.2, -0.15) is 10.5 Å². The van der Waals surface area contributed by atoms with Crippen molar-refractivity contribution in [3.63, 3.8) is 0 Å². The summed E-state index contributed by atoms with van der Waals surface area (Å²) in [5.41, 5.74) is -0.671. The Kier molecular flexibility index (Phi) is 5.28. The molecule has 0 saturated carbocycles. The summed E-state index contributed by atoms with van der Waals surface area (Å²) < 4.78 is 5.34. The Balaban J connectivity index is 2.00. The number of anilines is 1. The van der Waals surface area contributed by atoms with Gasteiger partial charge in [0, 0.05) is 13.1 Å². The number of aromatic nitrogens is 2. The van der Waals surface area contributed by atoms with Crippen molar-refractivity contribution >= 4 is 17.9 Å². The van der Waals surface area contributed by atoms with Crippen LogP contribution < -0.4 is 5.32 Å². The van der Waals surface area contributed by atoms with Gasteiger partial charge in [0.05, 0.1) is 5.92 Å². The van der Waals surface area contributed by atoms with Crippen LogP contribution in [0.2, 0.25) is 0 Å². The molecule has 1 fully saturated rings. The first kappa shape index (κ1) is 18.3. The van der Waals surface area contributed by atoms with Gasteiger partial charge in [0.15, 0.2) is 11.4 Å². The third-order valence-corrected chi connectivity index (χ3v) is 3.61. The molecule has 132 valence electrons. The quantitative estimate of drug-likeness (QED) is 0.839. The summed E-state index contributed by atoms with van der Waals surface area (Å²) in [5.74, 6) is -0.689. The van der Waals surface area contributed by atoms with E-state index in [0.29, 0.717) is 19.4 Å². The van der Waals surface area contributed by atoms with Crippen LogP contribution in [0.3, 0.4) is 0 Å². The predicted octanol–water partition coefficient (Wildman–Crippen LogP) is 1.74. The second kappa shape index (κ2) is 7.22. The van der Waals surface area contributed by atoms with Gasteiger partial charge >= 0.3 is 6.09 Å². The van der Waals surface area contributed by atoms with Crippen LogP contribution in [0.25, 0.3) is 0 Å². The number of nitrogens with one attached hydrogen (secondary N) is 2. The van der Waals surface area contributed by atoms with Gasteiger partial charge < -0.3 is 14.6 Å².